The van der Waals surface area contributed by atoms with Gasteiger partial charge in [0.05, 0.1) is 12.5 Å². The van der Waals surface area contributed by atoms with Crippen molar-refractivity contribution in [2.24, 2.45) is 0 Å². The summed E-state index contributed by atoms with van der Waals surface area (Å²) >= 11 is 0. The van der Waals surface area contributed by atoms with Crippen LogP contribution in [0.2, 0.25) is 0 Å². The Kier molecular flexibility index (Phi) is 7.52. The van der Waals surface area contributed by atoms with Crippen LogP contribution in [0.25, 0.3) is 0 Å². The summed E-state index contributed by atoms with van der Waals surface area (Å²) < 4.78 is 10.3. The average Bonchev–Trinajstić information content (AvgIpc) is 2.89. The van der Waals surface area contributed by atoms with Crippen molar-refractivity contribution in [3.8, 4) is 0 Å². The summed E-state index contributed by atoms with van der Waals surface area (Å²) in [5, 5.41) is 22.8. The Labute approximate surface area is 152 Å². The second-order valence-electron chi connectivity index (χ2n) is 6.37. The van der Waals surface area contributed by atoms with Crippen molar-refractivity contribution >= 4 is 11.8 Å². The first-order valence-electron chi connectivity index (χ1n) is 8.47. The minimum Gasteiger partial charge on any atom is -0.388 e. The molecule has 2 amide bonds. The number of carbonyl (C=O) groups excluding carboxylic acids is 2. The van der Waals surface area contributed by atoms with Gasteiger partial charge >= 0.3 is 0 Å². The molecule has 1 aromatic rings. The maximum absolute atomic E-state index is 12.4. The number of ether oxygens (including phenoxy) is 2. The minimum absolute atomic E-state index is 0.0327. The third kappa shape index (κ3) is 5.50. The third-order valence-electron chi connectivity index (χ3n) is 4.30. The number of hydrogen-bond donors (Lipinski definition) is 3. The molecule has 1 aliphatic heterocycles. The first-order valence-corrected chi connectivity index (χ1v) is 8.47. The fraction of sp³-hybridized carbons (Fsp3) is 0.556. The van der Waals surface area contributed by atoms with Gasteiger partial charge in [-0.1, -0.05) is 30.3 Å². The summed E-state index contributed by atoms with van der Waals surface area (Å²) in [6, 6.07) is 9.55. The number of amides is 2. The largest absolute Gasteiger partial charge is 0.388 e. The normalized spacial score (nSPS) is 25.1. The van der Waals surface area contributed by atoms with Crippen molar-refractivity contribution in [2.75, 3.05) is 27.3 Å². The number of nitrogens with one attached hydrogen (secondary N) is 1. The lowest BCUT2D eigenvalue weighted by Crippen LogP contribution is -2.41. The van der Waals surface area contributed by atoms with Gasteiger partial charge in [0, 0.05) is 27.2 Å². The smallest absolute Gasteiger partial charge is 0.246 e. The average molecular weight is 366 g/mol. The standard InChI is InChI=1S/C18H26N2O6/c1-20(10-12-6-4-3-5-7-12)16(22)8-13-17(23)18(24)14(26-13)9-19-15(21)11-25-2/h3-7,13-14,17-18,23-24H,8-11H2,1-2H3,(H,19,21). The number of benzene rings is 1. The molecule has 1 aromatic carbocycles. The second kappa shape index (κ2) is 9.63. The highest BCUT2D eigenvalue weighted by Gasteiger charge is 2.43. The summed E-state index contributed by atoms with van der Waals surface area (Å²) in [7, 11) is 3.08. The highest BCUT2D eigenvalue weighted by Crippen LogP contribution is 2.24. The van der Waals surface area contributed by atoms with E-state index in [0.717, 1.165) is 5.56 Å². The van der Waals surface area contributed by atoms with Gasteiger partial charge < -0.3 is 29.9 Å². The van der Waals surface area contributed by atoms with E-state index in [1.807, 2.05) is 30.3 Å². The van der Waals surface area contributed by atoms with Gasteiger partial charge in [0.25, 0.3) is 0 Å². The number of hydrogen-bond acceptors (Lipinski definition) is 6. The number of aliphatic hydroxyl groups excluding tert-OH is 2. The highest BCUT2D eigenvalue weighted by molar-refractivity contribution is 5.77. The molecule has 8 heteroatoms. The predicted molar refractivity (Wildman–Crippen MR) is 93.1 cm³/mol. The van der Waals surface area contributed by atoms with Crippen molar-refractivity contribution in [3.05, 3.63) is 35.9 Å². The SMILES string of the molecule is COCC(=O)NCC1OC(CC(=O)N(C)Cc2ccccc2)C(O)C1O. The molecule has 1 heterocycles. The van der Waals surface area contributed by atoms with Crippen LogP contribution in [0.3, 0.4) is 0 Å². The van der Waals surface area contributed by atoms with Crippen molar-refractivity contribution in [3.63, 3.8) is 0 Å². The maximum Gasteiger partial charge on any atom is 0.246 e. The van der Waals surface area contributed by atoms with Gasteiger partial charge in [-0.25, -0.2) is 0 Å². The molecule has 1 aliphatic rings. The second-order valence-corrected chi connectivity index (χ2v) is 6.37. The first-order chi connectivity index (χ1) is 12.4. The molecule has 1 fully saturated rings. The van der Waals surface area contributed by atoms with Crippen molar-refractivity contribution in [1.29, 1.82) is 0 Å². The van der Waals surface area contributed by atoms with Crippen LogP contribution in [0.4, 0.5) is 0 Å². The maximum atomic E-state index is 12.4. The van der Waals surface area contributed by atoms with E-state index in [1.54, 1.807) is 11.9 Å². The summed E-state index contributed by atoms with van der Waals surface area (Å²) in [6.45, 7) is 0.379. The molecule has 0 radical (unpaired) electrons. The van der Waals surface area contributed by atoms with Gasteiger partial charge in [-0.05, 0) is 5.56 Å². The number of carbonyl (C=O) groups is 2. The predicted octanol–water partition coefficient (Wildman–Crippen LogP) is -0.713. The van der Waals surface area contributed by atoms with Gasteiger partial charge in [0.2, 0.25) is 11.8 Å². The van der Waals surface area contributed by atoms with Crippen molar-refractivity contribution < 1.29 is 29.3 Å². The molecule has 1 saturated heterocycles. The molecule has 2 rings (SSSR count). The van der Waals surface area contributed by atoms with E-state index >= 15 is 0 Å². The van der Waals surface area contributed by atoms with E-state index in [4.69, 9.17) is 9.47 Å². The summed E-state index contributed by atoms with van der Waals surface area (Å²) in [4.78, 5) is 25.3. The zero-order chi connectivity index (χ0) is 19.1. The van der Waals surface area contributed by atoms with E-state index in [0.29, 0.717) is 6.54 Å². The van der Waals surface area contributed by atoms with Gasteiger partial charge in [0.1, 0.15) is 24.9 Å². The molecule has 144 valence electrons. The molecule has 8 nitrogen and oxygen atoms in total. The third-order valence-corrected chi connectivity index (χ3v) is 4.30. The highest BCUT2D eigenvalue weighted by atomic mass is 16.5. The molecule has 26 heavy (non-hydrogen) atoms. The van der Waals surface area contributed by atoms with Crippen molar-refractivity contribution in [2.45, 2.75) is 37.4 Å². The molecule has 0 spiro atoms. The lowest BCUT2D eigenvalue weighted by atomic mass is 10.0. The fourth-order valence-electron chi connectivity index (χ4n) is 2.83. The molecule has 0 bridgehead atoms. The van der Waals surface area contributed by atoms with Crippen LogP contribution in [0, 0.1) is 0 Å². The Morgan fingerprint density at radius 1 is 1.19 bits per heavy atom. The van der Waals surface area contributed by atoms with E-state index in [1.165, 1.54) is 7.11 Å². The van der Waals surface area contributed by atoms with Gasteiger partial charge in [-0.2, -0.15) is 0 Å². The zero-order valence-corrected chi connectivity index (χ0v) is 15.0. The van der Waals surface area contributed by atoms with E-state index < -0.39 is 24.4 Å². The van der Waals surface area contributed by atoms with Crippen LogP contribution >= 0.6 is 0 Å². The molecule has 4 unspecified atom stereocenters. The van der Waals surface area contributed by atoms with Gasteiger partial charge in [-0.15, -0.1) is 0 Å². The monoisotopic (exact) mass is 366 g/mol. The molecular weight excluding hydrogens is 340 g/mol. The van der Waals surface area contributed by atoms with Gasteiger partial charge in [0.15, 0.2) is 0 Å². The molecule has 0 aliphatic carbocycles. The molecule has 4 atom stereocenters. The van der Waals surface area contributed by atoms with Crippen LogP contribution in [0.5, 0.6) is 0 Å². The summed E-state index contributed by atoms with van der Waals surface area (Å²) in [6.07, 6.45) is -4.00. The Morgan fingerprint density at radius 2 is 1.85 bits per heavy atom. The minimum atomic E-state index is -1.19. The lowest BCUT2D eigenvalue weighted by Gasteiger charge is -2.21. The molecule has 0 aromatic heterocycles. The lowest BCUT2D eigenvalue weighted by molar-refractivity contribution is -0.135. The zero-order valence-electron chi connectivity index (χ0n) is 15.0. The molecular formula is C18H26N2O6. The number of aliphatic hydroxyl groups is 2. The molecule has 0 saturated carbocycles. The van der Waals surface area contributed by atoms with Crippen LogP contribution in [-0.2, 0) is 25.6 Å². The fourth-order valence-corrected chi connectivity index (χ4v) is 2.83. The Bertz CT molecular complexity index is 597. The van der Waals surface area contributed by atoms with Crippen LogP contribution < -0.4 is 5.32 Å². The van der Waals surface area contributed by atoms with E-state index in [2.05, 4.69) is 5.32 Å². The Hall–Kier alpha value is -2.00. The first kappa shape index (κ1) is 20.3. The number of rotatable bonds is 8. The summed E-state index contributed by atoms with van der Waals surface area (Å²) in [5.41, 5.74) is 0.995. The topological polar surface area (TPSA) is 108 Å². The Morgan fingerprint density at radius 3 is 2.50 bits per heavy atom. The number of methoxy groups -OCH3 is 1. The summed E-state index contributed by atoms with van der Waals surface area (Å²) in [5.74, 6) is -0.547. The van der Waals surface area contributed by atoms with Crippen LogP contribution in [-0.4, -0.2) is 78.7 Å². The number of nitrogens with zero attached hydrogens (tertiary/aromatic N) is 1. The quantitative estimate of drug-likeness (QED) is 0.561. The Balaban J connectivity index is 1.84. The van der Waals surface area contributed by atoms with E-state index in [9.17, 15) is 19.8 Å². The van der Waals surface area contributed by atoms with E-state index in [-0.39, 0.29) is 31.4 Å². The molecule has 3 N–H and O–H groups in total. The van der Waals surface area contributed by atoms with Crippen LogP contribution in [0.1, 0.15) is 12.0 Å². The van der Waals surface area contributed by atoms with Crippen molar-refractivity contribution in [1.82, 2.24) is 10.2 Å². The van der Waals surface area contributed by atoms with Gasteiger partial charge in [-0.3, -0.25) is 9.59 Å². The van der Waals surface area contributed by atoms with Crippen LogP contribution in [0.15, 0.2) is 30.3 Å².